The Morgan fingerprint density at radius 3 is 2.67 bits per heavy atom. The lowest BCUT2D eigenvalue weighted by molar-refractivity contribution is -0.675. The van der Waals surface area contributed by atoms with Crippen LogP contribution in [-0.2, 0) is 9.59 Å². The second-order valence-corrected chi connectivity index (χ2v) is 4.97. The van der Waals surface area contributed by atoms with E-state index in [1.165, 1.54) is 4.90 Å². The molecule has 21 heavy (non-hydrogen) atoms. The molecular weight excluding hydrogens is 272 g/mol. The normalized spacial score (nSPS) is 18.4. The van der Waals surface area contributed by atoms with Crippen LogP contribution in [0.1, 0.15) is 19.8 Å². The summed E-state index contributed by atoms with van der Waals surface area (Å²) in [5.74, 6) is 0.292. The SMILES string of the molecule is CCCOc1ccc(N2C(=O)C[C@H]([NH2+]CCO)C2=O)cc1. The zero-order valence-corrected chi connectivity index (χ0v) is 12.1. The molecule has 1 fully saturated rings. The minimum absolute atomic E-state index is 0.0125. The van der Waals surface area contributed by atoms with E-state index in [1.807, 2.05) is 6.92 Å². The number of rotatable bonds is 7. The predicted octanol–water partition coefficient (Wildman–Crippen LogP) is -0.337. The molecule has 1 heterocycles. The minimum atomic E-state index is -0.430. The van der Waals surface area contributed by atoms with Gasteiger partial charge in [-0.15, -0.1) is 0 Å². The molecule has 3 N–H and O–H groups in total. The quantitative estimate of drug-likeness (QED) is 0.674. The van der Waals surface area contributed by atoms with Crippen LogP contribution in [0.15, 0.2) is 24.3 Å². The first-order chi connectivity index (χ1) is 10.2. The van der Waals surface area contributed by atoms with Crippen LogP contribution in [0.4, 0.5) is 5.69 Å². The van der Waals surface area contributed by atoms with Gasteiger partial charge in [0.1, 0.15) is 5.75 Å². The third-order valence-corrected chi connectivity index (χ3v) is 3.33. The van der Waals surface area contributed by atoms with Gasteiger partial charge < -0.3 is 15.2 Å². The van der Waals surface area contributed by atoms with Gasteiger partial charge in [-0.25, -0.2) is 4.90 Å². The highest BCUT2D eigenvalue weighted by molar-refractivity contribution is 6.21. The molecular formula is C15H21N2O4+. The van der Waals surface area contributed by atoms with E-state index in [4.69, 9.17) is 9.84 Å². The van der Waals surface area contributed by atoms with Gasteiger partial charge in [-0.05, 0) is 30.7 Å². The fraction of sp³-hybridized carbons (Fsp3) is 0.467. The largest absolute Gasteiger partial charge is 0.494 e. The highest BCUT2D eigenvalue weighted by Gasteiger charge is 2.41. The maximum Gasteiger partial charge on any atom is 0.292 e. The van der Waals surface area contributed by atoms with Crippen molar-refractivity contribution >= 4 is 17.5 Å². The molecule has 2 amide bonds. The number of nitrogens with two attached hydrogens (primary N) is 1. The summed E-state index contributed by atoms with van der Waals surface area (Å²) in [4.78, 5) is 25.5. The first kappa shape index (κ1) is 15.5. The van der Waals surface area contributed by atoms with Crippen LogP contribution in [0.2, 0.25) is 0 Å². The molecule has 0 aromatic heterocycles. The fourth-order valence-electron chi connectivity index (χ4n) is 2.30. The maximum atomic E-state index is 12.2. The van der Waals surface area contributed by atoms with Gasteiger partial charge in [0.15, 0.2) is 6.04 Å². The fourth-order valence-corrected chi connectivity index (χ4v) is 2.30. The van der Waals surface area contributed by atoms with Gasteiger partial charge in [0.25, 0.3) is 5.91 Å². The Labute approximate surface area is 123 Å². The molecule has 0 radical (unpaired) electrons. The first-order valence-electron chi connectivity index (χ1n) is 7.21. The molecule has 1 aromatic rings. The van der Waals surface area contributed by atoms with Gasteiger partial charge in [0.05, 0.1) is 31.9 Å². The summed E-state index contributed by atoms with van der Waals surface area (Å²) in [5, 5.41) is 10.5. The smallest absolute Gasteiger partial charge is 0.292 e. The number of aliphatic hydroxyl groups is 1. The average molecular weight is 293 g/mol. The Balaban J connectivity index is 2.06. The van der Waals surface area contributed by atoms with Gasteiger partial charge in [0, 0.05) is 0 Å². The zero-order valence-electron chi connectivity index (χ0n) is 12.1. The molecule has 1 saturated heterocycles. The number of benzene rings is 1. The Hall–Kier alpha value is -1.92. The van der Waals surface area contributed by atoms with E-state index in [9.17, 15) is 9.59 Å². The molecule has 1 aromatic carbocycles. The minimum Gasteiger partial charge on any atom is -0.494 e. The lowest BCUT2D eigenvalue weighted by Gasteiger charge is -2.14. The standard InChI is InChI=1S/C15H20N2O4/c1-2-9-21-12-5-3-11(4-6-12)17-14(19)10-13(15(17)20)16-7-8-18/h3-6,13,16,18H,2,7-10H2,1H3/p+1/t13-/m0/s1. The summed E-state index contributed by atoms with van der Waals surface area (Å²) in [7, 11) is 0. The average Bonchev–Trinajstić information content (AvgIpc) is 2.78. The second kappa shape index (κ2) is 7.19. The Bertz CT molecular complexity index is 501. The zero-order chi connectivity index (χ0) is 15.2. The Kier molecular flexibility index (Phi) is 5.30. The van der Waals surface area contributed by atoms with E-state index in [0.717, 1.165) is 12.2 Å². The number of ether oxygens (including phenoxy) is 1. The number of nitrogens with zero attached hydrogens (tertiary/aromatic N) is 1. The van der Waals surface area contributed by atoms with Crippen molar-refractivity contribution in [2.45, 2.75) is 25.8 Å². The summed E-state index contributed by atoms with van der Waals surface area (Å²) in [6, 6.07) is 6.53. The molecule has 0 unspecified atom stereocenters. The van der Waals surface area contributed by atoms with E-state index in [-0.39, 0.29) is 24.8 Å². The van der Waals surface area contributed by atoms with Gasteiger partial charge in [-0.2, -0.15) is 0 Å². The highest BCUT2D eigenvalue weighted by Crippen LogP contribution is 2.24. The number of carbonyl (C=O) groups is 2. The van der Waals surface area contributed by atoms with Gasteiger partial charge in [0.2, 0.25) is 5.91 Å². The highest BCUT2D eigenvalue weighted by atomic mass is 16.5. The van der Waals surface area contributed by atoms with E-state index >= 15 is 0 Å². The third kappa shape index (κ3) is 3.59. The molecule has 114 valence electrons. The number of hydrogen-bond donors (Lipinski definition) is 2. The number of hydrogen-bond acceptors (Lipinski definition) is 4. The third-order valence-electron chi connectivity index (χ3n) is 3.33. The van der Waals surface area contributed by atoms with E-state index in [0.29, 0.717) is 18.8 Å². The molecule has 6 nitrogen and oxygen atoms in total. The number of quaternary nitrogens is 1. The number of carbonyl (C=O) groups excluding carboxylic acids is 2. The van der Waals surface area contributed by atoms with Crippen molar-refractivity contribution < 1.29 is 24.7 Å². The van der Waals surface area contributed by atoms with Crippen LogP contribution >= 0.6 is 0 Å². The van der Waals surface area contributed by atoms with Crippen LogP contribution in [-0.4, -0.2) is 42.7 Å². The van der Waals surface area contributed by atoms with Gasteiger partial charge in [-0.3, -0.25) is 9.59 Å². The van der Waals surface area contributed by atoms with Crippen LogP contribution in [0.5, 0.6) is 5.75 Å². The number of amides is 2. The Morgan fingerprint density at radius 1 is 1.33 bits per heavy atom. The van der Waals surface area contributed by atoms with Gasteiger partial charge >= 0.3 is 0 Å². The lowest BCUT2D eigenvalue weighted by Crippen LogP contribution is -2.92. The topological polar surface area (TPSA) is 83.4 Å². The molecule has 0 saturated carbocycles. The van der Waals surface area contributed by atoms with Crippen molar-refractivity contribution in [3.63, 3.8) is 0 Å². The molecule has 0 bridgehead atoms. The summed E-state index contributed by atoms with van der Waals surface area (Å²) in [6.07, 6.45) is 1.10. The van der Waals surface area contributed by atoms with E-state index in [1.54, 1.807) is 29.6 Å². The van der Waals surface area contributed by atoms with Gasteiger partial charge in [-0.1, -0.05) is 6.92 Å². The number of imide groups is 1. The molecule has 1 aliphatic rings. The molecule has 2 rings (SSSR count). The summed E-state index contributed by atoms with van der Waals surface area (Å²) < 4.78 is 5.48. The Morgan fingerprint density at radius 2 is 2.05 bits per heavy atom. The summed E-state index contributed by atoms with van der Waals surface area (Å²) in [6.45, 7) is 3.07. The summed E-state index contributed by atoms with van der Waals surface area (Å²) >= 11 is 0. The van der Waals surface area contributed by atoms with Crippen LogP contribution in [0.3, 0.4) is 0 Å². The molecule has 0 spiro atoms. The lowest BCUT2D eigenvalue weighted by atomic mass is 10.2. The van der Waals surface area contributed by atoms with Crippen molar-refractivity contribution in [1.82, 2.24) is 0 Å². The monoisotopic (exact) mass is 293 g/mol. The predicted molar refractivity (Wildman–Crippen MR) is 77.0 cm³/mol. The van der Waals surface area contributed by atoms with E-state index in [2.05, 4.69) is 0 Å². The molecule has 0 aliphatic carbocycles. The van der Waals surface area contributed by atoms with Crippen LogP contribution in [0, 0.1) is 0 Å². The number of anilines is 1. The van der Waals surface area contributed by atoms with Crippen molar-refractivity contribution in [3.05, 3.63) is 24.3 Å². The summed E-state index contributed by atoms with van der Waals surface area (Å²) in [5.41, 5.74) is 0.564. The van der Waals surface area contributed by atoms with Crippen molar-refractivity contribution in [2.75, 3.05) is 24.7 Å². The maximum absolute atomic E-state index is 12.2. The number of aliphatic hydroxyl groups excluding tert-OH is 1. The van der Waals surface area contributed by atoms with E-state index < -0.39 is 6.04 Å². The van der Waals surface area contributed by atoms with Crippen molar-refractivity contribution in [3.8, 4) is 5.75 Å². The first-order valence-corrected chi connectivity index (χ1v) is 7.21. The molecule has 1 atom stereocenters. The molecule has 6 heteroatoms. The molecule has 1 aliphatic heterocycles. The van der Waals surface area contributed by atoms with Crippen molar-refractivity contribution in [1.29, 1.82) is 0 Å². The van der Waals surface area contributed by atoms with Crippen LogP contribution < -0.4 is 15.0 Å². The van der Waals surface area contributed by atoms with Crippen LogP contribution in [0.25, 0.3) is 0 Å². The second-order valence-electron chi connectivity index (χ2n) is 4.97. The van der Waals surface area contributed by atoms with Crippen molar-refractivity contribution in [2.24, 2.45) is 0 Å².